The summed E-state index contributed by atoms with van der Waals surface area (Å²) in [6, 6.07) is 13.2. The number of nitrogens with zero attached hydrogens (tertiary/aromatic N) is 3. The monoisotopic (exact) mass is 405 g/mol. The summed E-state index contributed by atoms with van der Waals surface area (Å²) < 4.78 is 2.43. The number of hydrogen-bond acceptors (Lipinski definition) is 3. The average molecular weight is 406 g/mol. The normalized spacial score (nSPS) is 19.1. The summed E-state index contributed by atoms with van der Waals surface area (Å²) in [7, 11) is 0. The minimum Gasteiger partial charge on any atom is -0.345 e. The van der Waals surface area contributed by atoms with Crippen LogP contribution < -0.4 is 0 Å². The van der Waals surface area contributed by atoms with Gasteiger partial charge in [0.2, 0.25) is 0 Å². The largest absolute Gasteiger partial charge is 0.345 e. The fourth-order valence-electron chi connectivity index (χ4n) is 5.10. The smallest absolute Gasteiger partial charge is 0.178 e. The number of hydrogen-bond donors (Lipinski definition) is 0. The molecule has 1 aliphatic carbocycles. The number of carbonyl (C=O) groups is 1. The highest BCUT2D eigenvalue weighted by molar-refractivity contribution is 5.99. The third kappa shape index (κ3) is 4.93. The molecule has 0 N–H and O–H groups in total. The molecular formula is C26H35N3O. The summed E-state index contributed by atoms with van der Waals surface area (Å²) >= 11 is 0. The minimum atomic E-state index is 0.282. The highest BCUT2D eigenvalue weighted by Gasteiger charge is 2.25. The van der Waals surface area contributed by atoms with Crippen molar-refractivity contribution in [3.05, 3.63) is 65.0 Å². The van der Waals surface area contributed by atoms with Gasteiger partial charge >= 0.3 is 0 Å². The van der Waals surface area contributed by atoms with E-state index in [1.54, 1.807) is 0 Å². The molecule has 2 fully saturated rings. The molecule has 2 aliphatic rings. The van der Waals surface area contributed by atoms with Gasteiger partial charge in [0.1, 0.15) is 0 Å². The molecule has 1 aromatic carbocycles. The van der Waals surface area contributed by atoms with Crippen molar-refractivity contribution in [1.82, 2.24) is 14.4 Å². The Morgan fingerprint density at radius 3 is 2.37 bits per heavy atom. The molecule has 1 saturated carbocycles. The van der Waals surface area contributed by atoms with E-state index in [9.17, 15) is 4.79 Å². The maximum Gasteiger partial charge on any atom is 0.178 e. The van der Waals surface area contributed by atoms with Crippen LogP contribution in [-0.4, -0.2) is 59.4 Å². The third-order valence-electron chi connectivity index (χ3n) is 6.78. The summed E-state index contributed by atoms with van der Waals surface area (Å²) in [5.74, 6) is 0.282. The fraction of sp³-hybridized carbons (Fsp3) is 0.500. The van der Waals surface area contributed by atoms with Crippen molar-refractivity contribution in [3.8, 4) is 0 Å². The van der Waals surface area contributed by atoms with Crippen molar-refractivity contribution in [2.75, 3.05) is 39.3 Å². The zero-order chi connectivity index (χ0) is 20.9. The van der Waals surface area contributed by atoms with E-state index in [1.807, 2.05) is 6.07 Å². The molecule has 2 heterocycles. The number of rotatable bonds is 7. The topological polar surface area (TPSA) is 28.5 Å². The van der Waals surface area contributed by atoms with Gasteiger partial charge in [-0.1, -0.05) is 55.3 Å². The number of Topliss-reactive ketones (excluding diaryl/α,β-unsaturated/α-hetero) is 1. The van der Waals surface area contributed by atoms with Crippen LogP contribution in [0.25, 0.3) is 6.08 Å². The van der Waals surface area contributed by atoms with E-state index in [2.05, 4.69) is 70.7 Å². The second-order valence-corrected chi connectivity index (χ2v) is 8.91. The second-order valence-electron chi connectivity index (χ2n) is 8.91. The quantitative estimate of drug-likeness (QED) is 0.623. The molecule has 1 aliphatic heterocycles. The lowest BCUT2D eigenvalue weighted by atomic mass is 10.1. The predicted molar refractivity (Wildman–Crippen MR) is 124 cm³/mol. The summed E-state index contributed by atoms with van der Waals surface area (Å²) in [6.07, 6.45) is 9.57. The van der Waals surface area contributed by atoms with Crippen LogP contribution in [0.5, 0.6) is 0 Å². The van der Waals surface area contributed by atoms with Crippen LogP contribution in [0.3, 0.4) is 0 Å². The maximum absolute atomic E-state index is 13.0. The van der Waals surface area contributed by atoms with Gasteiger partial charge in [0, 0.05) is 55.7 Å². The van der Waals surface area contributed by atoms with Crippen LogP contribution in [0.2, 0.25) is 0 Å². The van der Waals surface area contributed by atoms with E-state index >= 15 is 0 Å². The molecule has 1 saturated heterocycles. The Morgan fingerprint density at radius 1 is 1.00 bits per heavy atom. The predicted octanol–water partition coefficient (Wildman–Crippen LogP) is 4.73. The molecule has 1 aromatic heterocycles. The van der Waals surface area contributed by atoms with Crippen LogP contribution >= 0.6 is 0 Å². The molecular weight excluding hydrogens is 370 g/mol. The Labute approximate surface area is 181 Å². The van der Waals surface area contributed by atoms with Crippen LogP contribution in [0.1, 0.15) is 59.0 Å². The van der Waals surface area contributed by atoms with Crippen LogP contribution in [0.15, 0.2) is 42.5 Å². The minimum absolute atomic E-state index is 0.282. The summed E-state index contributed by atoms with van der Waals surface area (Å²) in [4.78, 5) is 17.8. The Balaban J connectivity index is 1.27. The van der Waals surface area contributed by atoms with Gasteiger partial charge in [0.15, 0.2) is 5.78 Å². The number of piperazine rings is 1. The van der Waals surface area contributed by atoms with Crippen LogP contribution in [0.4, 0.5) is 0 Å². The van der Waals surface area contributed by atoms with Crippen molar-refractivity contribution in [1.29, 1.82) is 0 Å². The summed E-state index contributed by atoms with van der Waals surface area (Å²) in [6.45, 7) is 9.78. The summed E-state index contributed by atoms with van der Waals surface area (Å²) in [5, 5.41) is 0. The summed E-state index contributed by atoms with van der Waals surface area (Å²) in [5.41, 5.74) is 4.61. The first-order chi connectivity index (χ1) is 14.6. The van der Waals surface area contributed by atoms with Gasteiger partial charge < -0.3 is 4.57 Å². The van der Waals surface area contributed by atoms with E-state index in [1.165, 1.54) is 42.6 Å². The van der Waals surface area contributed by atoms with Gasteiger partial charge in [0.25, 0.3) is 0 Å². The molecule has 160 valence electrons. The van der Waals surface area contributed by atoms with Crippen molar-refractivity contribution in [3.63, 3.8) is 0 Å². The molecule has 0 spiro atoms. The van der Waals surface area contributed by atoms with Crippen LogP contribution in [0, 0.1) is 13.8 Å². The fourth-order valence-corrected chi connectivity index (χ4v) is 5.10. The van der Waals surface area contributed by atoms with E-state index in [4.69, 9.17) is 0 Å². The molecule has 4 rings (SSSR count). The van der Waals surface area contributed by atoms with Gasteiger partial charge in [-0.3, -0.25) is 14.6 Å². The van der Waals surface area contributed by atoms with Gasteiger partial charge in [-0.2, -0.15) is 0 Å². The van der Waals surface area contributed by atoms with Crippen molar-refractivity contribution in [2.45, 2.75) is 45.6 Å². The van der Waals surface area contributed by atoms with Gasteiger partial charge in [0.05, 0.1) is 6.54 Å². The number of aryl methyl sites for hydroxylation is 1. The Morgan fingerprint density at radius 2 is 1.67 bits per heavy atom. The first-order valence-electron chi connectivity index (χ1n) is 11.5. The molecule has 0 bridgehead atoms. The van der Waals surface area contributed by atoms with E-state index in [0.29, 0.717) is 12.6 Å². The second kappa shape index (κ2) is 9.76. The highest BCUT2D eigenvalue weighted by atomic mass is 16.1. The van der Waals surface area contributed by atoms with Gasteiger partial charge in [-0.15, -0.1) is 0 Å². The zero-order valence-corrected chi connectivity index (χ0v) is 18.5. The molecule has 4 heteroatoms. The molecule has 0 radical (unpaired) electrons. The Hall–Kier alpha value is -2.17. The van der Waals surface area contributed by atoms with Crippen LogP contribution in [-0.2, 0) is 0 Å². The first kappa shape index (κ1) is 21.1. The average Bonchev–Trinajstić information content (AvgIpc) is 3.37. The number of ketones is 1. The molecule has 0 amide bonds. The Kier molecular flexibility index (Phi) is 6.86. The first-order valence-corrected chi connectivity index (χ1v) is 11.5. The maximum atomic E-state index is 13.0. The van der Waals surface area contributed by atoms with E-state index < -0.39 is 0 Å². The SMILES string of the molecule is Cc1cc(C(=O)CN2CCN(C/C=C/c3ccccc3)CC2)c(C)n1C1CCCC1. The standard InChI is InChI=1S/C26H35N3O/c1-21-19-25(22(2)29(21)24-12-6-7-13-24)26(30)20-28-17-15-27(16-18-28)14-8-11-23-9-4-3-5-10-23/h3-5,8-11,19,24H,6-7,12-18,20H2,1-2H3/b11-8+. The number of carbonyl (C=O) groups excluding carboxylic acids is 1. The van der Waals surface area contributed by atoms with Crippen molar-refractivity contribution in [2.24, 2.45) is 0 Å². The molecule has 30 heavy (non-hydrogen) atoms. The third-order valence-corrected chi connectivity index (χ3v) is 6.78. The molecule has 2 aromatic rings. The Bertz CT molecular complexity index is 869. The zero-order valence-electron chi connectivity index (χ0n) is 18.5. The molecule has 4 nitrogen and oxygen atoms in total. The van der Waals surface area contributed by atoms with Crippen molar-refractivity contribution < 1.29 is 4.79 Å². The van der Waals surface area contributed by atoms with Gasteiger partial charge in [-0.25, -0.2) is 0 Å². The lowest BCUT2D eigenvalue weighted by Gasteiger charge is -2.33. The number of aromatic nitrogens is 1. The van der Waals surface area contributed by atoms with E-state index in [0.717, 1.165) is 38.3 Å². The lowest BCUT2D eigenvalue weighted by molar-refractivity contribution is 0.0864. The highest BCUT2D eigenvalue weighted by Crippen LogP contribution is 2.33. The van der Waals surface area contributed by atoms with E-state index in [-0.39, 0.29) is 5.78 Å². The molecule has 0 unspecified atom stereocenters. The van der Waals surface area contributed by atoms with Gasteiger partial charge in [-0.05, 0) is 38.3 Å². The van der Waals surface area contributed by atoms with Crippen molar-refractivity contribution >= 4 is 11.9 Å². The lowest BCUT2D eigenvalue weighted by Crippen LogP contribution is -2.47. The molecule has 0 atom stereocenters. The number of benzene rings is 1.